The number of esters is 1. The monoisotopic (exact) mass is 440 g/mol. The number of hydrogen-bond donors (Lipinski definition) is 0. The summed E-state index contributed by atoms with van der Waals surface area (Å²) >= 11 is 0. The van der Waals surface area contributed by atoms with Gasteiger partial charge in [0.05, 0.1) is 18.8 Å². The van der Waals surface area contributed by atoms with Crippen molar-refractivity contribution >= 4 is 5.97 Å². The van der Waals surface area contributed by atoms with Crippen molar-refractivity contribution in [3.05, 3.63) is 48.2 Å². The fraction of sp³-hybridized carbons (Fsp3) is 0.429. The van der Waals surface area contributed by atoms with Crippen LogP contribution in [0.2, 0.25) is 0 Å². The van der Waals surface area contributed by atoms with Crippen LogP contribution in [0, 0.1) is 0 Å². The van der Waals surface area contributed by atoms with Crippen molar-refractivity contribution in [2.45, 2.75) is 19.2 Å². The van der Waals surface area contributed by atoms with Crippen LogP contribution in [-0.4, -0.2) is 61.4 Å². The van der Waals surface area contributed by atoms with Crippen LogP contribution in [0.1, 0.15) is 12.5 Å². The maximum Gasteiger partial charge on any atom is 0.417 e. The topological polar surface area (TPSA) is 70.1 Å². The number of halogens is 3. The van der Waals surface area contributed by atoms with E-state index in [1.807, 2.05) is 0 Å². The van der Waals surface area contributed by atoms with Gasteiger partial charge in [0.25, 0.3) is 0 Å². The quantitative estimate of drug-likeness (QED) is 0.582. The minimum absolute atomic E-state index is 0.0267. The Morgan fingerprint density at radius 2 is 1.81 bits per heavy atom. The highest BCUT2D eigenvalue weighted by Crippen LogP contribution is 2.30. The van der Waals surface area contributed by atoms with Crippen molar-refractivity contribution in [1.29, 1.82) is 0 Å². The standard InChI is InChI=1S/C21H23F3N2O5/c1-15(20(27)29-13-10-26-8-11-28-12-9-26)30-17-3-5-18(6-4-17)31-19-7-2-16(14-25-19)21(22,23)24/h2-7,14-15H,8-13H2,1H3. The van der Waals surface area contributed by atoms with Gasteiger partial charge in [-0.05, 0) is 37.3 Å². The fourth-order valence-electron chi connectivity index (χ4n) is 2.79. The first-order chi connectivity index (χ1) is 14.8. The smallest absolute Gasteiger partial charge is 0.417 e. The van der Waals surface area contributed by atoms with Gasteiger partial charge in [0.15, 0.2) is 6.10 Å². The second kappa shape index (κ2) is 10.5. The Labute approximate surface area is 177 Å². The zero-order chi connectivity index (χ0) is 22.3. The van der Waals surface area contributed by atoms with Gasteiger partial charge < -0.3 is 18.9 Å². The van der Waals surface area contributed by atoms with Gasteiger partial charge >= 0.3 is 12.1 Å². The van der Waals surface area contributed by atoms with Crippen LogP contribution in [0.3, 0.4) is 0 Å². The molecule has 1 aromatic carbocycles. The Hall–Kier alpha value is -2.85. The maximum atomic E-state index is 12.6. The fourth-order valence-corrected chi connectivity index (χ4v) is 2.79. The minimum atomic E-state index is -4.45. The molecule has 1 aliphatic heterocycles. The van der Waals surface area contributed by atoms with Crippen molar-refractivity contribution in [3.8, 4) is 17.4 Å². The van der Waals surface area contributed by atoms with Gasteiger partial charge in [0, 0.05) is 31.9 Å². The number of benzene rings is 1. The lowest BCUT2D eigenvalue weighted by molar-refractivity contribution is -0.151. The summed E-state index contributed by atoms with van der Waals surface area (Å²) in [5, 5.41) is 0. The summed E-state index contributed by atoms with van der Waals surface area (Å²) in [7, 11) is 0. The number of ether oxygens (including phenoxy) is 4. The highest BCUT2D eigenvalue weighted by Gasteiger charge is 2.30. The van der Waals surface area contributed by atoms with Gasteiger partial charge in [-0.25, -0.2) is 9.78 Å². The molecule has 7 nitrogen and oxygen atoms in total. The highest BCUT2D eigenvalue weighted by atomic mass is 19.4. The van der Waals surface area contributed by atoms with Gasteiger partial charge in [0.2, 0.25) is 5.88 Å². The minimum Gasteiger partial charge on any atom is -0.479 e. The molecule has 31 heavy (non-hydrogen) atoms. The molecule has 0 saturated carbocycles. The van der Waals surface area contributed by atoms with E-state index in [4.69, 9.17) is 18.9 Å². The Bertz CT molecular complexity index is 838. The van der Waals surface area contributed by atoms with E-state index in [1.54, 1.807) is 31.2 Å². The SMILES string of the molecule is CC(Oc1ccc(Oc2ccc(C(F)(F)F)cn2)cc1)C(=O)OCCN1CCOCC1. The first kappa shape index (κ1) is 22.8. The van der Waals surface area contributed by atoms with E-state index in [2.05, 4.69) is 9.88 Å². The highest BCUT2D eigenvalue weighted by molar-refractivity contribution is 5.74. The zero-order valence-electron chi connectivity index (χ0n) is 16.9. The second-order valence-electron chi connectivity index (χ2n) is 6.84. The third kappa shape index (κ3) is 7.11. The predicted octanol–water partition coefficient (Wildman–Crippen LogP) is 3.54. The summed E-state index contributed by atoms with van der Waals surface area (Å²) in [6, 6.07) is 8.32. The molecule has 1 fully saturated rings. The van der Waals surface area contributed by atoms with Crippen LogP contribution in [0.15, 0.2) is 42.6 Å². The van der Waals surface area contributed by atoms with Crippen LogP contribution in [0.5, 0.6) is 17.4 Å². The third-order valence-electron chi connectivity index (χ3n) is 4.51. The number of nitrogens with zero attached hydrogens (tertiary/aromatic N) is 2. The number of rotatable bonds is 8. The number of morpholine rings is 1. The largest absolute Gasteiger partial charge is 0.479 e. The molecule has 0 amide bonds. The third-order valence-corrected chi connectivity index (χ3v) is 4.51. The van der Waals surface area contributed by atoms with Crippen molar-refractivity contribution in [1.82, 2.24) is 9.88 Å². The number of alkyl halides is 3. The van der Waals surface area contributed by atoms with E-state index in [1.165, 1.54) is 0 Å². The summed E-state index contributed by atoms with van der Waals surface area (Å²) in [5.41, 5.74) is -0.852. The molecule has 0 N–H and O–H groups in total. The lowest BCUT2D eigenvalue weighted by atomic mass is 10.3. The van der Waals surface area contributed by atoms with E-state index in [9.17, 15) is 18.0 Å². The van der Waals surface area contributed by atoms with Crippen LogP contribution in [-0.2, 0) is 20.4 Å². The molecule has 1 saturated heterocycles. The van der Waals surface area contributed by atoms with Crippen molar-refractivity contribution in [2.75, 3.05) is 39.5 Å². The van der Waals surface area contributed by atoms with E-state index in [0.29, 0.717) is 37.5 Å². The normalized spacial score (nSPS) is 15.9. The molecule has 1 aliphatic rings. The summed E-state index contributed by atoms with van der Waals surface area (Å²) < 4.78 is 59.2. The molecule has 0 spiro atoms. The van der Waals surface area contributed by atoms with E-state index in [0.717, 1.165) is 25.2 Å². The molecule has 1 unspecified atom stereocenters. The first-order valence-electron chi connectivity index (χ1n) is 9.76. The molecule has 10 heteroatoms. The molecule has 0 radical (unpaired) electrons. The molecular weight excluding hydrogens is 417 g/mol. The van der Waals surface area contributed by atoms with Gasteiger partial charge in [-0.1, -0.05) is 0 Å². The first-order valence-corrected chi connectivity index (χ1v) is 9.76. The average molecular weight is 440 g/mol. The Morgan fingerprint density at radius 3 is 2.42 bits per heavy atom. The predicted molar refractivity (Wildman–Crippen MR) is 104 cm³/mol. The van der Waals surface area contributed by atoms with Crippen molar-refractivity contribution in [3.63, 3.8) is 0 Å². The molecule has 3 rings (SSSR count). The summed E-state index contributed by atoms with van der Waals surface area (Å²) in [6.07, 6.45) is -4.54. The van der Waals surface area contributed by atoms with Gasteiger partial charge in [0.1, 0.15) is 18.1 Å². The molecular formula is C21H23F3N2O5. The summed E-state index contributed by atoms with van der Waals surface area (Å²) in [6.45, 7) is 5.52. The molecule has 2 heterocycles. The van der Waals surface area contributed by atoms with Gasteiger partial charge in [-0.2, -0.15) is 13.2 Å². The van der Waals surface area contributed by atoms with Crippen LogP contribution in [0.4, 0.5) is 13.2 Å². The number of hydrogen-bond acceptors (Lipinski definition) is 7. The van der Waals surface area contributed by atoms with E-state index < -0.39 is 23.8 Å². The lowest BCUT2D eigenvalue weighted by Gasteiger charge is -2.26. The molecule has 0 aliphatic carbocycles. The van der Waals surface area contributed by atoms with Crippen LogP contribution < -0.4 is 9.47 Å². The molecule has 1 aromatic heterocycles. The van der Waals surface area contributed by atoms with Crippen LogP contribution >= 0.6 is 0 Å². The van der Waals surface area contributed by atoms with Crippen molar-refractivity contribution in [2.24, 2.45) is 0 Å². The second-order valence-corrected chi connectivity index (χ2v) is 6.84. The molecule has 2 aromatic rings. The Balaban J connectivity index is 1.44. The van der Waals surface area contributed by atoms with Crippen LogP contribution in [0.25, 0.3) is 0 Å². The lowest BCUT2D eigenvalue weighted by Crippen LogP contribution is -2.39. The number of carbonyl (C=O) groups excluding carboxylic acids is 1. The molecule has 0 bridgehead atoms. The van der Waals surface area contributed by atoms with Gasteiger partial charge in [-0.3, -0.25) is 4.90 Å². The van der Waals surface area contributed by atoms with Crippen molar-refractivity contribution < 1.29 is 36.9 Å². The zero-order valence-corrected chi connectivity index (χ0v) is 16.9. The Morgan fingerprint density at radius 1 is 1.13 bits per heavy atom. The van der Waals surface area contributed by atoms with Gasteiger partial charge in [-0.15, -0.1) is 0 Å². The molecule has 1 atom stereocenters. The molecule has 168 valence electrons. The Kier molecular flexibility index (Phi) is 7.69. The maximum absolute atomic E-state index is 12.6. The number of pyridine rings is 1. The van der Waals surface area contributed by atoms with E-state index >= 15 is 0 Å². The number of aromatic nitrogens is 1. The average Bonchev–Trinajstić information content (AvgIpc) is 2.75. The summed E-state index contributed by atoms with van der Waals surface area (Å²) in [5.74, 6) is 0.340. The number of carbonyl (C=O) groups is 1. The summed E-state index contributed by atoms with van der Waals surface area (Å²) in [4.78, 5) is 17.9. The van der Waals surface area contributed by atoms with E-state index in [-0.39, 0.29) is 12.5 Å².